The van der Waals surface area contributed by atoms with Crippen LogP contribution in [0.2, 0.25) is 0 Å². The fraction of sp³-hybridized carbons (Fsp3) is 0.273. The predicted molar refractivity (Wildman–Crippen MR) is 110 cm³/mol. The number of anilines is 1. The summed E-state index contributed by atoms with van der Waals surface area (Å²) < 4.78 is 54.7. The van der Waals surface area contributed by atoms with Gasteiger partial charge in [0.1, 0.15) is 5.82 Å². The fourth-order valence-electron chi connectivity index (χ4n) is 3.69. The molecule has 3 aromatic rings. The Bertz CT molecular complexity index is 1150. The van der Waals surface area contributed by atoms with Gasteiger partial charge in [-0.1, -0.05) is 18.1 Å². The van der Waals surface area contributed by atoms with Gasteiger partial charge in [0.15, 0.2) is 11.4 Å². The molecule has 0 radical (unpaired) electrons. The third-order valence-corrected chi connectivity index (χ3v) is 5.32. The second-order valence-electron chi connectivity index (χ2n) is 7.66. The molecule has 2 N–H and O–H groups in total. The Labute approximate surface area is 185 Å². The number of aromatic nitrogens is 3. The SMILES string of the molecule is O=C(NC1CCCC1)c1ccc(NC(=O)c2nnn(-c3ccc(F)cc3)c2C(F)(F)F)cc1. The average Bonchev–Trinajstić information content (AvgIpc) is 3.44. The molecule has 0 bridgehead atoms. The molecule has 2 amide bonds. The van der Waals surface area contributed by atoms with Crippen LogP contribution in [0.3, 0.4) is 0 Å². The minimum Gasteiger partial charge on any atom is -0.349 e. The third kappa shape index (κ3) is 5.02. The van der Waals surface area contributed by atoms with Gasteiger partial charge in [0.2, 0.25) is 0 Å². The summed E-state index contributed by atoms with van der Waals surface area (Å²) in [7, 11) is 0. The van der Waals surface area contributed by atoms with Gasteiger partial charge in [-0.05, 0) is 61.4 Å². The molecule has 0 spiro atoms. The number of hydrogen-bond acceptors (Lipinski definition) is 4. The van der Waals surface area contributed by atoms with Crippen molar-refractivity contribution in [1.29, 1.82) is 0 Å². The lowest BCUT2D eigenvalue weighted by Crippen LogP contribution is -2.32. The second kappa shape index (κ2) is 9.00. The normalized spacial score (nSPS) is 14.3. The van der Waals surface area contributed by atoms with Crippen LogP contribution in [0.1, 0.15) is 52.2 Å². The van der Waals surface area contributed by atoms with Crippen LogP contribution in [-0.2, 0) is 6.18 Å². The van der Waals surface area contributed by atoms with E-state index in [1.165, 1.54) is 24.3 Å². The number of benzene rings is 2. The Morgan fingerprint density at radius 1 is 0.939 bits per heavy atom. The van der Waals surface area contributed by atoms with E-state index in [0.29, 0.717) is 10.2 Å². The Balaban J connectivity index is 1.52. The maximum Gasteiger partial charge on any atom is 0.435 e. The molecule has 0 atom stereocenters. The van der Waals surface area contributed by atoms with E-state index in [1.54, 1.807) is 0 Å². The van der Waals surface area contributed by atoms with Gasteiger partial charge in [0.25, 0.3) is 11.8 Å². The number of nitrogens with zero attached hydrogens (tertiary/aromatic N) is 3. The Kier molecular flexibility index (Phi) is 6.12. The highest BCUT2D eigenvalue weighted by atomic mass is 19.4. The van der Waals surface area contributed by atoms with E-state index in [1.807, 2.05) is 0 Å². The van der Waals surface area contributed by atoms with Crippen LogP contribution < -0.4 is 10.6 Å². The van der Waals surface area contributed by atoms with Gasteiger partial charge < -0.3 is 10.6 Å². The van der Waals surface area contributed by atoms with Crippen LogP contribution in [0.25, 0.3) is 5.69 Å². The second-order valence-corrected chi connectivity index (χ2v) is 7.66. The van der Waals surface area contributed by atoms with Gasteiger partial charge in [-0.2, -0.15) is 13.2 Å². The lowest BCUT2D eigenvalue weighted by molar-refractivity contribution is -0.143. The van der Waals surface area contributed by atoms with E-state index in [4.69, 9.17) is 0 Å². The number of amides is 2. The number of nitrogens with one attached hydrogen (secondary N) is 2. The van der Waals surface area contributed by atoms with Gasteiger partial charge >= 0.3 is 6.18 Å². The van der Waals surface area contributed by atoms with E-state index in [-0.39, 0.29) is 23.3 Å². The van der Waals surface area contributed by atoms with E-state index in [0.717, 1.165) is 49.9 Å². The largest absolute Gasteiger partial charge is 0.435 e. The summed E-state index contributed by atoms with van der Waals surface area (Å²) in [4.78, 5) is 24.9. The van der Waals surface area contributed by atoms with E-state index in [9.17, 15) is 27.2 Å². The summed E-state index contributed by atoms with van der Waals surface area (Å²) in [6.07, 6.45) is -0.948. The zero-order valence-corrected chi connectivity index (χ0v) is 17.2. The molecule has 1 aromatic heterocycles. The van der Waals surface area contributed by atoms with E-state index < -0.39 is 29.3 Å². The molecule has 1 aliphatic rings. The van der Waals surface area contributed by atoms with Crippen LogP contribution in [0, 0.1) is 5.82 Å². The Hall–Kier alpha value is -3.76. The monoisotopic (exact) mass is 461 g/mol. The molecule has 4 rings (SSSR count). The molecule has 172 valence electrons. The number of carbonyl (C=O) groups is 2. The number of rotatable bonds is 5. The van der Waals surface area contributed by atoms with Crippen LogP contribution in [0.15, 0.2) is 48.5 Å². The Morgan fingerprint density at radius 3 is 2.18 bits per heavy atom. The average molecular weight is 461 g/mol. The molecule has 0 aliphatic heterocycles. The first-order chi connectivity index (χ1) is 15.7. The molecule has 1 fully saturated rings. The first-order valence-electron chi connectivity index (χ1n) is 10.2. The first kappa shape index (κ1) is 22.4. The van der Waals surface area contributed by atoms with Crippen molar-refractivity contribution in [1.82, 2.24) is 20.3 Å². The Morgan fingerprint density at radius 2 is 1.58 bits per heavy atom. The van der Waals surface area contributed by atoms with Crippen molar-refractivity contribution >= 4 is 17.5 Å². The molecule has 0 saturated heterocycles. The highest BCUT2D eigenvalue weighted by Crippen LogP contribution is 2.33. The first-order valence-corrected chi connectivity index (χ1v) is 10.2. The molecule has 1 aliphatic carbocycles. The summed E-state index contributed by atoms with van der Waals surface area (Å²) >= 11 is 0. The lowest BCUT2D eigenvalue weighted by Gasteiger charge is -2.13. The highest BCUT2D eigenvalue weighted by Gasteiger charge is 2.42. The summed E-state index contributed by atoms with van der Waals surface area (Å²) in [6.45, 7) is 0. The topological polar surface area (TPSA) is 88.9 Å². The number of carbonyl (C=O) groups excluding carboxylic acids is 2. The van der Waals surface area contributed by atoms with Crippen molar-refractivity contribution in [2.75, 3.05) is 5.32 Å². The van der Waals surface area contributed by atoms with E-state index in [2.05, 4.69) is 20.9 Å². The highest BCUT2D eigenvalue weighted by molar-refractivity contribution is 6.04. The van der Waals surface area contributed by atoms with Gasteiger partial charge in [-0.3, -0.25) is 9.59 Å². The maximum absolute atomic E-state index is 13.7. The van der Waals surface area contributed by atoms with Gasteiger partial charge in [0.05, 0.1) is 5.69 Å². The zero-order chi connectivity index (χ0) is 23.6. The maximum atomic E-state index is 13.7. The standard InChI is InChI=1S/C22H19F4N5O2/c23-14-7-11-17(12-8-14)31-19(22(24,25)26)18(29-30-31)21(33)28-16-9-5-13(6-10-16)20(32)27-15-3-1-2-4-15/h5-12,15H,1-4H2,(H,27,32)(H,28,33). The van der Waals surface area contributed by atoms with Crippen LogP contribution >= 0.6 is 0 Å². The van der Waals surface area contributed by atoms with Crippen molar-refractivity contribution in [3.8, 4) is 5.69 Å². The molecular weight excluding hydrogens is 442 g/mol. The molecule has 1 heterocycles. The van der Waals surface area contributed by atoms with Gasteiger partial charge in [-0.25, -0.2) is 9.07 Å². The van der Waals surface area contributed by atoms with Gasteiger partial charge in [0, 0.05) is 17.3 Å². The molecule has 33 heavy (non-hydrogen) atoms. The van der Waals surface area contributed by atoms with Crippen LogP contribution in [-0.4, -0.2) is 32.9 Å². The number of halogens is 4. The summed E-state index contributed by atoms with van der Waals surface area (Å²) in [6, 6.07) is 10.1. The minimum atomic E-state index is -4.95. The summed E-state index contributed by atoms with van der Waals surface area (Å²) in [5.74, 6) is -2.01. The predicted octanol–water partition coefficient (Wildman–Crippen LogP) is 4.35. The molecule has 7 nitrogen and oxygen atoms in total. The quantitative estimate of drug-likeness (QED) is 0.553. The summed E-state index contributed by atoms with van der Waals surface area (Å²) in [5.41, 5.74) is -1.87. The van der Waals surface area contributed by atoms with Crippen molar-refractivity contribution < 1.29 is 27.2 Å². The van der Waals surface area contributed by atoms with Crippen molar-refractivity contribution in [3.63, 3.8) is 0 Å². The van der Waals surface area contributed by atoms with E-state index >= 15 is 0 Å². The summed E-state index contributed by atoms with van der Waals surface area (Å²) in [5, 5.41) is 12.1. The van der Waals surface area contributed by atoms with Crippen molar-refractivity contribution in [2.45, 2.75) is 37.9 Å². The number of hydrogen-bond donors (Lipinski definition) is 2. The van der Waals surface area contributed by atoms with Crippen LogP contribution in [0.5, 0.6) is 0 Å². The molecule has 2 aromatic carbocycles. The smallest absolute Gasteiger partial charge is 0.349 e. The number of alkyl halides is 3. The molecule has 0 unspecified atom stereocenters. The third-order valence-electron chi connectivity index (χ3n) is 5.32. The minimum absolute atomic E-state index is 0.104. The zero-order valence-electron chi connectivity index (χ0n) is 17.2. The van der Waals surface area contributed by atoms with Crippen LogP contribution in [0.4, 0.5) is 23.2 Å². The fourth-order valence-corrected chi connectivity index (χ4v) is 3.69. The van der Waals surface area contributed by atoms with Crippen molar-refractivity contribution in [2.24, 2.45) is 0 Å². The lowest BCUT2D eigenvalue weighted by atomic mass is 10.1. The molecule has 11 heteroatoms. The van der Waals surface area contributed by atoms with Gasteiger partial charge in [-0.15, -0.1) is 5.10 Å². The molecular formula is C22H19F4N5O2. The molecule has 1 saturated carbocycles. The van der Waals surface area contributed by atoms with Crippen molar-refractivity contribution in [3.05, 3.63) is 71.3 Å².